The summed E-state index contributed by atoms with van der Waals surface area (Å²) in [5, 5.41) is 9.31. The summed E-state index contributed by atoms with van der Waals surface area (Å²) < 4.78 is 6.93. The zero-order valence-corrected chi connectivity index (χ0v) is 16.5. The van der Waals surface area contributed by atoms with Gasteiger partial charge in [-0.2, -0.15) is 0 Å². The Balaban J connectivity index is 1.63. The van der Waals surface area contributed by atoms with Crippen LogP contribution in [0.2, 0.25) is 5.02 Å². The van der Waals surface area contributed by atoms with Crippen LogP contribution >= 0.6 is 23.4 Å². The van der Waals surface area contributed by atoms with Gasteiger partial charge in [0.1, 0.15) is 12.4 Å². The van der Waals surface area contributed by atoms with Crippen molar-refractivity contribution < 1.29 is 9.21 Å². The van der Waals surface area contributed by atoms with Crippen LogP contribution in [0.3, 0.4) is 0 Å². The van der Waals surface area contributed by atoms with Crippen LogP contribution in [0.25, 0.3) is 22.4 Å². The smallest absolute Gasteiger partial charge is 0.277 e. The maximum atomic E-state index is 12.8. The summed E-state index contributed by atoms with van der Waals surface area (Å²) in [4.78, 5) is 28.7. The molecule has 0 atom stereocenters. The van der Waals surface area contributed by atoms with Crippen LogP contribution in [0.1, 0.15) is 5.82 Å². The summed E-state index contributed by atoms with van der Waals surface area (Å²) >= 11 is 7.19. The number of halogens is 1. The first-order valence-electron chi connectivity index (χ1n) is 8.50. The molecule has 0 fully saturated rings. The molecule has 1 amide bonds. The van der Waals surface area contributed by atoms with Gasteiger partial charge in [0.25, 0.3) is 10.8 Å². The Labute approximate surface area is 173 Å². The molecule has 0 saturated heterocycles. The average molecular weight is 428 g/mol. The van der Waals surface area contributed by atoms with Crippen LogP contribution in [0.5, 0.6) is 0 Å². The van der Waals surface area contributed by atoms with Gasteiger partial charge in [-0.25, -0.2) is 4.98 Å². The third kappa shape index (κ3) is 4.15. The average Bonchev–Trinajstić information content (AvgIpc) is 3.18. The van der Waals surface area contributed by atoms with Crippen LogP contribution in [0, 0.1) is 0 Å². The van der Waals surface area contributed by atoms with Crippen LogP contribution in [-0.4, -0.2) is 25.7 Å². The minimum Gasteiger partial charge on any atom is -0.411 e. The minimum absolute atomic E-state index is 0.241. The number of fused-ring (bicyclic) bond motifs is 1. The second kappa shape index (κ2) is 8.06. The molecule has 4 aromatic rings. The number of benzene rings is 2. The highest BCUT2D eigenvalue weighted by molar-refractivity contribution is 7.98. The second-order valence-corrected chi connectivity index (χ2v) is 7.44. The number of aromatic nitrogens is 4. The predicted molar refractivity (Wildman–Crippen MR) is 110 cm³/mol. The number of carbonyl (C=O) groups is 1. The van der Waals surface area contributed by atoms with Gasteiger partial charge in [-0.3, -0.25) is 14.2 Å². The first-order chi connectivity index (χ1) is 14.0. The van der Waals surface area contributed by atoms with Crippen molar-refractivity contribution in [2.45, 2.75) is 17.5 Å². The highest BCUT2D eigenvalue weighted by Gasteiger charge is 2.15. The molecule has 0 aliphatic heterocycles. The third-order valence-corrected chi connectivity index (χ3v) is 5.11. The fraction of sp³-hybridized carbons (Fsp3) is 0.105. The quantitative estimate of drug-likeness (QED) is 0.470. The second-order valence-electron chi connectivity index (χ2n) is 6.07. The number of primary amides is 1. The van der Waals surface area contributed by atoms with Crippen molar-refractivity contribution in [1.82, 2.24) is 19.7 Å². The Morgan fingerprint density at radius 2 is 2.00 bits per heavy atom. The number of hydrogen-bond donors (Lipinski definition) is 1. The fourth-order valence-electron chi connectivity index (χ4n) is 2.78. The zero-order valence-electron chi connectivity index (χ0n) is 14.9. The molecular weight excluding hydrogens is 414 g/mol. The first-order valence-corrected chi connectivity index (χ1v) is 9.86. The van der Waals surface area contributed by atoms with E-state index in [1.807, 2.05) is 6.07 Å². The van der Waals surface area contributed by atoms with E-state index in [0.29, 0.717) is 38.4 Å². The van der Waals surface area contributed by atoms with Gasteiger partial charge in [-0.1, -0.05) is 41.6 Å². The summed E-state index contributed by atoms with van der Waals surface area (Å²) in [6, 6.07) is 14.0. The van der Waals surface area contributed by atoms with Gasteiger partial charge in [0.05, 0.1) is 16.7 Å². The van der Waals surface area contributed by atoms with E-state index in [1.165, 1.54) is 16.3 Å². The van der Waals surface area contributed by atoms with Crippen LogP contribution in [0.4, 0.5) is 0 Å². The lowest BCUT2D eigenvalue weighted by atomic mass is 10.2. The molecule has 0 bridgehead atoms. The van der Waals surface area contributed by atoms with E-state index in [4.69, 9.17) is 21.8 Å². The summed E-state index contributed by atoms with van der Waals surface area (Å²) in [6.45, 7) is -0.260. The number of nitrogens with two attached hydrogens (primary N) is 1. The Morgan fingerprint density at radius 3 is 2.79 bits per heavy atom. The molecule has 10 heteroatoms. The van der Waals surface area contributed by atoms with Gasteiger partial charge in [0, 0.05) is 10.6 Å². The SMILES string of the molecule is NC(=O)Cn1c(CSc2nnc(-c3cccc(Cl)c3)o2)nc2ccccc2c1=O. The fourth-order valence-corrected chi connectivity index (χ4v) is 3.68. The highest BCUT2D eigenvalue weighted by atomic mass is 35.5. The molecule has 2 heterocycles. The molecule has 146 valence electrons. The predicted octanol–water partition coefficient (Wildman–Crippen LogP) is 2.88. The summed E-state index contributed by atoms with van der Waals surface area (Å²) in [5.41, 5.74) is 6.23. The van der Waals surface area contributed by atoms with Crippen molar-refractivity contribution in [2.75, 3.05) is 0 Å². The van der Waals surface area contributed by atoms with Gasteiger partial charge in [-0.15, -0.1) is 10.2 Å². The molecule has 0 radical (unpaired) electrons. The van der Waals surface area contributed by atoms with Crippen molar-refractivity contribution in [2.24, 2.45) is 5.73 Å². The number of carbonyl (C=O) groups excluding carboxylic acids is 1. The molecule has 0 spiro atoms. The van der Waals surface area contributed by atoms with E-state index >= 15 is 0 Å². The third-order valence-electron chi connectivity index (χ3n) is 4.06. The number of nitrogens with zero attached hydrogens (tertiary/aromatic N) is 4. The van der Waals surface area contributed by atoms with Gasteiger partial charge in [0.15, 0.2) is 0 Å². The van der Waals surface area contributed by atoms with Gasteiger partial charge < -0.3 is 10.2 Å². The molecule has 2 aromatic carbocycles. The lowest BCUT2D eigenvalue weighted by Crippen LogP contribution is -2.31. The van der Waals surface area contributed by atoms with Crippen LogP contribution in [-0.2, 0) is 17.1 Å². The van der Waals surface area contributed by atoms with Crippen molar-refractivity contribution >= 4 is 40.2 Å². The Bertz CT molecular complexity index is 1270. The monoisotopic (exact) mass is 427 g/mol. The molecule has 0 unspecified atom stereocenters. The van der Waals surface area contributed by atoms with Crippen molar-refractivity contribution in [3.63, 3.8) is 0 Å². The minimum atomic E-state index is -0.628. The van der Waals surface area contributed by atoms with Crippen molar-refractivity contribution in [3.05, 3.63) is 69.7 Å². The van der Waals surface area contributed by atoms with Gasteiger partial charge in [-0.05, 0) is 30.3 Å². The summed E-state index contributed by atoms with van der Waals surface area (Å²) in [6.07, 6.45) is 0. The van der Waals surface area contributed by atoms with Crippen LogP contribution in [0.15, 0.2) is 63.0 Å². The normalized spacial score (nSPS) is 11.1. The Kier molecular flexibility index (Phi) is 5.32. The van der Waals surface area contributed by atoms with Gasteiger partial charge in [0.2, 0.25) is 11.8 Å². The molecule has 0 saturated carbocycles. The number of para-hydroxylation sites is 1. The standard InChI is InChI=1S/C19H14ClN5O3S/c20-12-5-3-4-11(8-12)17-23-24-19(28-17)29-10-16-22-14-7-2-1-6-13(14)18(27)25(16)9-15(21)26/h1-8H,9-10H2,(H2,21,26). The van der Waals surface area contributed by atoms with E-state index in [1.54, 1.807) is 42.5 Å². The van der Waals surface area contributed by atoms with E-state index < -0.39 is 5.91 Å². The lowest BCUT2D eigenvalue weighted by molar-refractivity contribution is -0.118. The molecule has 0 aliphatic carbocycles. The number of thioether (sulfide) groups is 1. The maximum absolute atomic E-state index is 12.8. The van der Waals surface area contributed by atoms with Crippen molar-refractivity contribution in [3.8, 4) is 11.5 Å². The molecule has 8 nitrogen and oxygen atoms in total. The topological polar surface area (TPSA) is 117 Å². The largest absolute Gasteiger partial charge is 0.411 e. The Morgan fingerprint density at radius 1 is 1.17 bits per heavy atom. The van der Waals surface area contributed by atoms with E-state index in [2.05, 4.69) is 15.2 Å². The van der Waals surface area contributed by atoms with Crippen LogP contribution < -0.4 is 11.3 Å². The summed E-state index contributed by atoms with van der Waals surface area (Å²) in [7, 11) is 0. The maximum Gasteiger partial charge on any atom is 0.277 e. The molecule has 29 heavy (non-hydrogen) atoms. The molecule has 2 N–H and O–H groups in total. The molecule has 4 rings (SSSR count). The molecular formula is C19H14ClN5O3S. The first kappa shape index (κ1) is 19.2. The van der Waals surface area contributed by atoms with E-state index in [-0.39, 0.29) is 17.9 Å². The summed E-state index contributed by atoms with van der Waals surface area (Å²) in [5.74, 6) is 0.331. The number of rotatable bonds is 6. The van der Waals surface area contributed by atoms with Crippen molar-refractivity contribution in [1.29, 1.82) is 0 Å². The van der Waals surface area contributed by atoms with E-state index in [0.717, 1.165) is 0 Å². The number of amides is 1. The molecule has 2 aromatic heterocycles. The lowest BCUT2D eigenvalue weighted by Gasteiger charge is -2.11. The van der Waals surface area contributed by atoms with Gasteiger partial charge >= 0.3 is 0 Å². The van der Waals surface area contributed by atoms with E-state index in [9.17, 15) is 9.59 Å². The highest BCUT2D eigenvalue weighted by Crippen LogP contribution is 2.26. The zero-order chi connectivity index (χ0) is 20.4. The number of hydrogen-bond acceptors (Lipinski definition) is 7. The molecule has 0 aliphatic rings. The Hall–Kier alpha value is -3.17.